The van der Waals surface area contributed by atoms with Crippen molar-refractivity contribution < 1.29 is 9.63 Å². The number of aromatic nitrogens is 1. The smallest absolute Gasteiger partial charge is 0.274 e. The van der Waals surface area contributed by atoms with Crippen LogP contribution in [0.1, 0.15) is 10.5 Å². The van der Waals surface area contributed by atoms with E-state index in [-0.39, 0.29) is 5.91 Å². The Labute approximate surface area is 101 Å². The van der Waals surface area contributed by atoms with E-state index in [1.54, 1.807) is 23.8 Å². The first kappa shape index (κ1) is 11.3. The Morgan fingerprint density at radius 3 is 2.94 bits per heavy atom. The fraction of sp³-hybridized carbons (Fsp3) is 0.200. The molecule has 0 aliphatic heterocycles. The maximum Gasteiger partial charge on any atom is 0.296 e. The van der Waals surface area contributed by atoms with Gasteiger partial charge in [0.05, 0.1) is 12.0 Å². The molecule has 16 heavy (non-hydrogen) atoms. The molecule has 0 N–H and O–H groups in total. The summed E-state index contributed by atoms with van der Waals surface area (Å²) in [6.07, 6.45) is 0. The number of carbonyl (C=O) groups excluding carboxylic acids is 1. The first-order chi connectivity index (χ1) is 7.72. The van der Waals surface area contributed by atoms with Gasteiger partial charge in [-0.05, 0) is 11.4 Å². The zero-order valence-corrected chi connectivity index (χ0v) is 10.5. The summed E-state index contributed by atoms with van der Waals surface area (Å²) in [5.41, 5.74) is 0.415. The molecule has 0 radical (unpaired) electrons. The highest BCUT2D eigenvalue weighted by atomic mass is 32.1. The summed E-state index contributed by atoms with van der Waals surface area (Å²) >= 11 is 3.07. The number of thiophene rings is 1. The quantitative estimate of drug-likeness (QED) is 0.790. The molecule has 0 spiro atoms. The van der Waals surface area contributed by atoms with Gasteiger partial charge in [-0.3, -0.25) is 9.63 Å². The van der Waals surface area contributed by atoms with Crippen molar-refractivity contribution in [2.45, 2.75) is 0 Å². The first-order valence-corrected chi connectivity index (χ1v) is 6.30. The molecule has 2 rings (SSSR count). The number of hydrogen-bond acceptors (Lipinski definition) is 5. The standard InChI is InChI=1S/C10H10N2O2S2/c1-12(14-2)10(13)7-6-16-9(11-7)8-4-3-5-15-8/h3-6H,1-2H3. The van der Waals surface area contributed by atoms with Crippen LogP contribution in [-0.2, 0) is 4.84 Å². The topological polar surface area (TPSA) is 42.4 Å². The maximum absolute atomic E-state index is 11.7. The van der Waals surface area contributed by atoms with Crippen molar-refractivity contribution in [3.63, 3.8) is 0 Å². The van der Waals surface area contributed by atoms with Crippen molar-refractivity contribution in [3.05, 3.63) is 28.6 Å². The van der Waals surface area contributed by atoms with E-state index in [4.69, 9.17) is 4.84 Å². The largest absolute Gasteiger partial charge is 0.296 e. The van der Waals surface area contributed by atoms with E-state index in [1.807, 2.05) is 17.5 Å². The summed E-state index contributed by atoms with van der Waals surface area (Å²) in [6, 6.07) is 3.95. The molecule has 0 fully saturated rings. The lowest BCUT2D eigenvalue weighted by atomic mass is 10.4. The lowest BCUT2D eigenvalue weighted by molar-refractivity contribution is -0.0760. The van der Waals surface area contributed by atoms with Crippen LogP contribution in [-0.4, -0.2) is 30.1 Å². The van der Waals surface area contributed by atoms with Gasteiger partial charge >= 0.3 is 0 Å². The Balaban J connectivity index is 2.23. The lowest BCUT2D eigenvalue weighted by Crippen LogP contribution is -2.25. The number of rotatable bonds is 3. The second-order valence-electron chi connectivity index (χ2n) is 3.00. The zero-order valence-electron chi connectivity index (χ0n) is 8.84. The van der Waals surface area contributed by atoms with E-state index in [0.717, 1.165) is 14.9 Å². The lowest BCUT2D eigenvalue weighted by Gasteiger charge is -2.10. The summed E-state index contributed by atoms with van der Waals surface area (Å²) < 4.78 is 0. The predicted octanol–water partition coefficient (Wildman–Crippen LogP) is 2.51. The fourth-order valence-electron chi connectivity index (χ4n) is 1.13. The highest BCUT2D eigenvalue weighted by Gasteiger charge is 2.16. The SMILES string of the molecule is CON(C)C(=O)c1csc(-c2cccs2)n1. The minimum absolute atomic E-state index is 0.235. The van der Waals surface area contributed by atoms with Crippen molar-refractivity contribution >= 4 is 28.6 Å². The Morgan fingerprint density at radius 1 is 1.50 bits per heavy atom. The van der Waals surface area contributed by atoms with E-state index >= 15 is 0 Å². The Hall–Kier alpha value is -1.24. The van der Waals surface area contributed by atoms with Crippen LogP contribution in [0.3, 0.4) is 0 Å². The molecule has 1 amide bonds. The summed E-state index contributed by atoms with van der Waals surface area (Å²) in [7, 11) is 3.01. The van der Waals surface area contributed by atoms with Crippen molar-refractivity contribution in [2.24, 2.45) is 0 Å². The molecule has 0 aliphatic carbocycles. The zero-order chi connectivity index (χ0) is 11.5. The summed E-state index contributed by atoms with van der Waals surface area (Å²) in [5, 5.41) is 5.75. The van der Waals surface area contributed by atoms with Crippen molar-refractivity contribution in [2.75, 3.05) is 14.2 Å². The van der Waals surface area contributed by atoms with Crippen molar-refractivity contribution in [1.29, 1.82) is 0 Å². The van der Waals surface area contributed by atoms with Crippen LogP contribution in [0.25, 0.3) is 9.88 Å². The molecule has 0 bridgehead atoms. The second-order valence-corrected chi connectivity index (χ2v) is 4.81. The molecule has 2 aromatic heterocycles. The van der Waals surface area contributed by atoms with Crippen LogP contribution in [0, 0.1) is 0 Å². The molecule has 0 aliphatic rings. The molecule has 0 saturated carbocycles. The molecule has 2 aromatic rings. The van der Waals surface area contributed by atoms with Crippen molar-refractivity contribution in [3.8, 4) is 9.88 Å². The van der Waals surface area contributed by atoms with Gasteiger partial charge in [0.15, 0.2) is 0 Å². The Bertz CT molecular complexity index is 479. The van der Waals surface area contributed by atoms with E-state index in [9.17, 15) is 4.79 Å². The van der Waals surface area contributed by atoms with Gasteiger partial charge in [-0.2, -0.15) is 0 Å². The first-order valence-electron chi connectivity index (χ1n) is 4.54. The third-order valence-corrected chi connectivity index (χ3v) is 3.90. The van der Waals surface area contributed by atoms with E-state index < -0.39 is 0 Å². The Kier molecular flexibility index (Phi) is 3.33. The molecule has 6 heteroatoms. The normalized spacial score (nSPS) is 10.4. The number of hydrogen-bond donors (Lipinski definition) is 0. The van der Waals surface area contributed by atoms with Gasteiger partial charge in [0.1, 0.15) is 10.7 Å². The van der Waals surface area contributed by atoms with Crippen LogP contribution in [0.15, 0.2) is 22.9 Å². The van der Waals surface area contributed by atoms with Gasteiger partial charge < -0.3 is 0 Å². The summed E-state index contributed by atoms with van der Waals surface area (Å²) in [6.45, 7) is 0. The number of amides is 1. The van der Waals surface area contributed by atoms with Crippen molar-refractivity contribution in [1.82, 2.24) is 10.0 Å². The summed E-state index contributed by atoms with van der Waals surface area (Å²) in [4.78, 5) is 21.9. The molecule has 0 saturated heterocycles. The van der Waals surface area contributed by atoms with Crippen LogP contribution in [0.4, 0.5) is 0 Å². The van der Waals surface area contributed by atoms with Gasteiger partial charge in [0, 0.05) is 12.4 Å². The molecule has 0 aromatic carbocycles. The number of hydroxylamine groups is 2. The van der Waals surface area contributed by atoms with Crippen LogP contribution in [0.5, 0.6) is 0 Å². The number of carbonyl (C=O) groups is 1. The molecule has 0 unspecified atom stereocenters. The molecule has 4 nitrogen and oxygen atoms in total. The molecule has 0 atom stereocenters. The predicted molar refractivity (Wildman–Crippen MR) is 64.5 cm³/mol. The average molecular weight is 254 g/mol. The van der Waals surface area contributed by atoms with Gasteiger partial charge in [0.2, 0.25) is 0 Å². The van der Waals surface area contributed by atoms with E-state index in [1.165, 1.54) is 18.4 Å². The maximum atomic E-state index is 11.7. The monoisotopic (exact) mass is 254 g/mol. The van der Waals surface area contributed by atoms with E-state index in [2.05, 4.69) is 4.98 Å². The van der Waals surface area contributed by atoms with Crippen LogP contribution < -0.4 is 0 Å². The highest BCUT2D eigenvalue weighted by molar-refractivity contribution is 7.20. The Morgan fingerprint density at radius 2 is 2.31 bits per heavy atom. The van der Waals surface area contributed by atoms with Gasteiger partial charge in [-0.1, -0.05) is 6.07 Å². The van der Waals surface area contributed by atoms with E-state index in [0.29, 0.717) is 5.69 Å². The van der Waals surface area contributed by atoms with Crippen LogP contribution >= 0.6 is 22.7 Å². The highest BCUT2D eigenvalue weighted by Crippen LogP contribution is 2.27. The molecular formula is C10H10N2O2S2. The number of nitrogens with zero attached hydrogens (tertiary/aromatic N) is 2. The minimum Gasteiger partial charge on any atom is -0.274 e. The van der Waals surface area contributed by atoms with Gasteiger partial charge in [-0.15, -0.1) is 22.7 Å². The third-order valence-electron chi connectivity index (χ3n) is 2.02. The second kappa shape index (κ2) is 4.73. The average Bonchev–Trinajstić information content (AvgIpc) is 2.96. The molecule has 2 heterocycles. The third kappa shape index (κ3) is 2.13. The minimum atomic E-state index is -0.235. The van der Waals surface area contributed by atoms with Crippen LogP contribution in [0.2, 0.25) is 0 Å². The number of thiazole rings is 1. The molecular weight excluding hydrogens is 244 g/mol. The molecule has 84 valence electrons. The van der Waals surface area contributed by atoms with Gasteiger partial charge in [0.25, 0.3) is 5.91 Å². The fourth-order valence-corrected chi connectivity index (χ4v) is 2.74. The van der Waals surface area contributed by atoms with Gasteiger partial charge in [-0.25, -0.2) is 10.0 Å². The summed E-state index contributed by atoms with van der Waals surface area (Å²) in [5.74, 6) is -0.235.